The third-order valence-corrected chi connectivity index (χ3v) is 8.72. The number of aromatic nitrogens is 9. The zero-order valence-corrected chi connectivity index (χ0v) is 32.4. The average Bonchev–Trinajstić information content (AvgIpc) is 3.17. The van der Waals surface area contributed by atoms with Gasteiger partial charge in [0.25, 0.3) is 0 Å². The number of rotatable bonds is 6. The highest BCUT2D eigenvalue weighted by atomic mass is 15.1. The van der Waals surface area contributed by atoms with Crippen LogP contribution in [0, 0.1) is 0 Å². The summed E-state index contributed by atoms with van der Waals surface area (Å²) in [5.74, 6) is 5.42. The van der Waals surface area contributed by atoms with Gasteiger partial charge in [0.05, 0.1) is 0 Å². The Morgan fingerprint density at radius 3 is 0.778 bits per heavy atom. The molecule has 0 amide bonds. The molecule has 0 saturated heterocycles. The predicted octanol–water partition coefficient (Wildman–Crippen LogP) is 10.1. The lowest BCUT2D eigenvalue weighted by Gasteiger charge is -2.23. The van der Waals surface area contributed by atoms with Crippen LogP contribution in [0.1, 0.15) is 79.8 Å². The third kappa shape index (κ3) is 7.95. The number of nitrogens with zero attached hydrogens (tertiary/aromatic N) is 9. The van der Waals surface area contributed by atoms with E-state index < -0.39 is 0 Å². The van der Waals surface area contributed by atoms with Crippen molar-refractivity contribution in [3.63, 3.8) is 0 Å². The summed E-state index contributed by atoms with van der Waals surface area (Å²) in [4.78, 5) is 45.3. The molecule has 3 heterocycles. The summed E-state index contributed by atoms with van der Waals surface area (Å²) in [6.07, 6.45) is 0. The second kappa shape index (κ2) is 14.0. The van der Waals surface area contributed by atoms with Crippen LogP contribution in [0.15, 0.2) is 109 Å². The standard InChI is InChI=1S/C45H45N9/c1-43(2,3)40-50-36(30-23-17-12-18-24-30)49-38(51-40)32-25-31(26-33(27-32)39-52-41(44(4,5)6)54-42(53-39)45(7,8)9)37-47-34(28-19-13-10-14-20-28)46-35(48-37)29-21-15-11-16-22-29/h10-27H,1-9H3. The fraction of sp³-hybridized carbons (Fsp3) is 0.267. The average molecular weight is 712 g/mol. The first-order valence-corrected chi connectivity index (χ1v) is 18.2. The molecular formula is C45H45N9. The minimum absolute atomic E-state index is 0.318. The van der Waals surface area contributed by atoms with Crippen molar-refractivity contribution in [3.05, 3.63) is 127 Å². The molecule has 9 heteroatoms. The summed E-state index contributed by atoms with van der Waals surface area (Å²) in [7, 11) is 0. The maximum Gasteiger partial charge on any atom is 0.164 e. The van der Waals surface area contributed by atoms with Gasteiger partial charge in [0, 0.05) is 49.6 Å². The number of hydrogen-bond acceptors (Lipinski definition) is 9. The monoisotopic (exact) mass is 711 g/mol. The minimum Gasteiger partial charge on any atom is -0.217 e. The van der Waals surface area contributed by atoms with Gasteiger partial charge in [-0.1, -0.05) is 153 Å². The molecule has 7 rings (SSSR count). The summed E-state index contributed by atoms with van der Waals surface area (Å²) in [6, 6.07) is 36.1. The third-order valence-electron chi connectivity index (χ3n) is 8.72. The highest BCUT2D eigenvalue weighted by Gasteiger charge is 2.27. The Morgan fingerprint density at radius 1 is 0.259 bits per heavy atom. The van der Waals surface area contributed by atoms with Crippen molar-refractivity contribution >= 4 is 0 Å². The van der Waals surface area contributed by atoms with E-state index in [1.165, 1.54) is 0 Å². The maximum absolute atomic E-state index is 5.09. The SMILES string of the molecule is CC(C)(C)c1nc(-c2ccccc2)nc(-c2cc(-c3nc(-c4ccccc4)nc(-c4ccccc4)n3)cc(-c3nc(C(C)(C)C)nc(C(C)(C)C)n3)c2)n1. The van der Waals surface area contributed by atoms with Crippen LogP contribution in [0.3, 0.4) is 0 Å². The first kappa shape index (κ1) is 36.3. The Morgan fingerprint density at radius 2 is 0.481 bits per heavy atom. The van der Waals surface area contributed by atoms with E-state index in [4.69, 9.17) is 44.9 Å². The molecule has 0 aliphatic rings. The molecule has 54 heavy (non-hydrogen) atoms. The van der Waals surface area contributed by atoms with Crippen LogP contribution >= 0.6 is 0 Å². The first-order valence-electron chi connectivity index (χ1n) is 18.2. The van der Waals surface area contributed by atoms with E-state index in [-0.39, 0.29) is 16.2 Å². The van der Waals surface area contributed by atoms with Crippen LogP contribution < -0.4 is 0 Å². The molecule has 0 radical (unpaired) electrons. The molecule has 7 aromatic rings. The molecule has 0 saturated carbocycles. The Labute approximate surface area is 317 Å². The minimum atomic E-state index is -0.345. The van der Waals surface area contributed by atoms with Crippen molar-refractivity contribution in [2.75, 3.05) is 0 Å². The van der Waals surface area contributed by atoms with Gasteiger partial charge >= 0.3 is 0 Å². The van der Waals surface area contributed by atoms with Crippen LogP contribution in [0.4, 0.5) is 0 Å². The van der Waals surface area contributed by atoms with Gasteiger partial charge < -0.3 is 0 Å². The van der Waals surface area contributed by atoms with Crippen LogP contribution in [-0.4, -0.2) is 44.9 Å². The molecule has 270 valence electrons. The molecular weight excluding hydrogens is 667 g/mol. The molecule has 0 N–H and O–H groups in total. The van der Waals surface area contributed by atoms with E-state index in [9.17, 15) is 0 Å². The Balaban J connectivity index is 1.53. The van der Waals surface area contributed by atoms with Crippen LogP contribution in [0.25, 0.3) is 68.3 Å². The molecule has 0 spiro atoms. The zero-order chi connectivity index (χ0) is 38.3. The highest BCUT2D eigenvalue weighted by Crippen LogP contribution is 2.34. The van der Waals surface area contributed by atoms with Crippen molar-refractivity contribution in [2.45, 2.75) is 78.6 Å². The van der Waals surface area contributed by atoms with Gasteiger partial charge in [-0.05, 0) is 18.2 Å². The highest BCUT2D eigenvalue weighted by molar-refractivity contribution is 5.77. The number of benzene rings is 4. The van der Waals surface area contributed by atoms with Crippen LogP contribution in [0.5, 0.6) is 0 Å². The van der Waals surface area contributed by atoms with Crippen LogP contribution in [0.2, 0.25) is 0 Å². The molecule has 4 aromatic carbocycles. The van der Waals surface area contributed by atoms with Crippen molar-refractivity contribution in [3.8, 4) is 68.3 Å². The van der Waals surface area contributed by atoms with Crippen molar-refractivity contribution in [1.29, 1.82) is 0 Å². The summed E-state index contributed by atoms with van der Waals surface area (Å²) in [5, 5.41) is 0. The van der Waals surface area contributed by atoms with E-state index in [1.807, 2.05) is 109 Å². The smallest absolute Gasteiger partial charge is 0.164 e. The Bertz CT molecular complexity index is 2340. The quantitative estimate of drug-likeness (QED) is 0.166. The van der Waals surface area contributed by atoms with E-state index in [1.54, 1.807) is 0 Å². The van der Waals surface area contributed by atoms with Gasteiger partial charge in [0.1, 0.15) is 17.5 Å². The van der Waals surface area contributed by atoms with Gasteiger partial charge in [-0.15, -0.1) is 0 Å². The molecule has 3 aromatic heterocycles. The molecule has 0 aliphatic heterocycles. The molecule has 0 aliphatic carbocycles. The lowest BCUT2D eigenvalue weighted by atomic mass is 9.92. The molecule has 0 atom stereocenters. The predicted molar refractivity (Wildman–Crippen MR) is 215 cm³/mol. The fourth-order valence-corrected chi connectivity index (χ4v) is 5.69. The largest absolute Gasteiger partial charge is 0.217 e. The van der Waals surface area contributed by atoms with Gasteiger partial charge in [0.15, 0.2) is 34.9 Å². The maximum atomic E-state index is 5.09. The lowest BCUT2D eigenvalue weighted by Crippen LogP contribution is -2.24. The van der Waals surface area contributed by atoms with Crippen molar-refractivity contribution < 1.29 is 0 Å². The van der Waals surface area contributed by atoms with Crippen LogP contribution in [-0.2, 0) is 16.2 Å². The van der Waals surface area contributed by atoms with E-state index in [0.717, 1.165) is 33.4 Å². The topological polar surface area (TPSA) is 116 Å². The van der Waals surface area contributed by atoms with E-state index >= 15 is 0 Å². The Kier molecular flexibility index (Phi) is 9.43. The lowest BCUT2D eigenvalue weighted by molar-refractivity contribution is 0.497. The fourth-order valence-electron chi connectivity index (χ4n) is 5.69. The van der Waals surface area contributed by atoms with Gasteiger partial charge in [0.2, 0.25) is 0 Å². The molecule has 0 fully saturated rings. The normalized spacial score (nSPS) is 12.2. The van der Waals surface area contributed by atoms with Gasteiger partial charge in [-0.3, -0.25) is 0 Å². The first-order chi connectivity index (χ1) is 25.6. The Hall–Kier alpha value is -6.09. The molecule has 9 nitrogen and oxygen atoms in total. The van der Waals surface area contributed by atoms with Crippen molar-refractivity contribution in [1.82, 2.24) is 44.9 Å². The summed E-state index contributed by atoms with van der Waals surface area (Å²) in [5.41, 5.74) is 3.96. The second-order valence-electron chi connectivity index (χ2n) is 16.6. The van der Waals surface area contributed by atoms with Gasteiger partial charge in [-0.2, -0.15) is 0 Å². The van der Waals surface area contributed by atoms with E-state index in [2.05, 4.69) is 62.3 Å². The zero-order valence-electron chi connectivity index (χ0n) is 32.4. The van der Waals surface area contributed by atoms with Gasteiger partial charge in [-0.25, -0.2) is 44.9 Å². The number of hydrogen-bond donors (Lipinski definition) is 0. The molecule has 0 unspecified atom stereocenters. The molecule has 0 bridgehead atoms. The summed E-state index contributed by atoms with van der Waals surface area (Å²) in [6.45, 7) is 19.0. The van der Waals surface area contributed by atoms with E-state index in [0.29, 0.717) is 52.4 Å². The second-order valence-corrected chi connectivity index (χ2v) is 16.6. The summed E-state index contributed by atoms with van der Waals surface area (Å²) < 4.78 is 0. The summed E-state index contributed by atoms with van der Waals surface area (Å²) >= 11 is 0. The van der Waals surface area contributed by atoms with Crippen molar-refractivity contribution in [2.24, 2.45) is 0 Å².